The molecule has 0 fully saturated rings. The summed E-state index contributed by atoms with van der Waals surface area (Å²) in [4.78, 5) is 0. The average molecular weight is 379 g/mol. The molecule has 0 N–H and O–H groups in total. The molecule has 0 unspecified atom stereocenters. The van der Waals surface area contributed by atoms with Crippen molar-refractivity contribution in [3.05, 3.63) is 58.7 Å². The summed E-state index contributed by atoms with van der Waals surface area (Å²) in [5.74, 6) is 2.14. The lowest BCUT2D eigenvalue weighted by Crippen LogP contribution is -2.35. The molecule has 0 radical (unpaired) electrons. The molecule has 2 aliphatic heterocycles. The van der Waals surface area contributed by atoms with Crippen molar-refractivity contribution in [2.75, 3.05) is 0 Å². The van der Waals surface area contributed by atoms with E-state index in [0.717, 1.165) is 37.2 Å². The highest BCUT2D eigenvalue weighted by molar-refractivity contribution is 5.43. The maximum atomic E-state index is 6.41. The molecule has 0 aromatic heterocycles. The number of benzene rings is 2. The zero-order valence-electron chi connectivity index (χ0n) is 18.3. The van der Waals surface area contributed by atoms with E-state index in [1.807, 2.05) is 0 Å². The molecule has 2 heterocycles. The van der Waals surface area contributed by atoms with Gasteiger partial charge in [0.2, 0.25) is 0 Å². The molecule has 28 heavy (non-hydrogen) atoms. The summed E-state index contributed by atoms with van der Waals surface area (Å²) in [7, 11) is 0. The minimum Gasteiger partial charge on any atom is -0.490 e. The summed E-state index contributed by atoms with van der Waals surface area (Å²) in [6.07, 6.45) is 4.66. The zero-order valence-corrected chi connectivity index (χ0v) is 18.3. The third-order valence-electron chi connectivity index (χ3n) is 6.03. The second-order valence-corrected chi connectivity index (χ2v) is 10.7. The number of fused-ring (bicyclic) bond motifs is 2. The third-order valence-corrected chi connectivity index (χ3v) is 6.03. The van der Waals surface area contributed by atoms with Gasteiger partial charge in [-0.3, -0.25) is 0 Å². The standard InChI is InChI=1S/C26H34O2/c1-17-11-20-13-19(8-9-22(20)27-17)16-26(5,6)24-14-21-12-18(15-25(2,3)4)7-10-23(21)28-24/h7-10,12-13,17,24H,11,14-16H2,1-6H3/t17-,24-/m1/s1. The highest BCUT2D eigenvalue weighted by Crippen LogP contribution is 2.40. The summed E-state index contributed by atoms with van der Waals surface area (Å²) in [6, 6.07) is 13.5. The Bertz CT molecular complexity index is 872. The van der Waals surface area contributed by atoms with Crippen molar-refractivity contribution in [3.63, 3.8) is 0 Å². The van der Waals surface area contributed by atoms with Crippen LogP contribution in [0.15, 0.2) is 36.4 Å². The van der Waals surface area contributed by atoms with E-state index in [2.05, 4.69) is 77.9 Å². The first-order valence-corrected chi connectivity index (χ1v) is 10.7. The van der Waals surface area contributed by atoms with E-state index < -0.39 is 0 Å². The molecule has 0 bridgehead atoms. The molecule has 0 spiro atoms. The molecule has 2 aromatic carbocycles. The molecule has 2 atom stereocenters. The molecule has 2 nitrogen and oxygen atoms in total. The SMILES string of the molecule is C[C@@H]1Cc2cc(CC(C)(C)[C@H]3Cc4cc(CC(C)(C)C)ccc4O3)ccc2O1. The molecule has 4 rings (SSSR count). The van der Waals surface area contributed by atoms with Crippen LogP contribution in [0.1, 0.15) is 63.8 Å². The van der Waals surface area contributed by atoms with Crippen molar-refractivity contribution >= 4 is 0 Å². The van der Waals surface area contributed by atoms with Crippen molar-refractivity contribution in [3.8, 4) is 11.5 Å². The lowest BCUT2D eigenvalue weighted by atomic mass is 9.78. The predicted octanol–water partition coefficient (Wildman–Crippen LogP) is 6.17. The minimum atomic E-state index is 0.0719. The monoisotopic (exact) mass is 378 g/mol. The molecular weight excluding hydrogens is 344 g/mol. The summed E-state index contributed by atoms with van der Waals surface area (Å²) in [6.45, 7) is 13.7. The van der Waals surface area contributed by atoms with Crippen LogP contribution in [0.25, 0.3) is 0 Å². The van der Waals surface area contributed by atoms with Crippen LogP contribution in [-0.4, -0.2) is 12.2 Å². The molecule has 2 heteroatoms. The Balaban J connectivity index is 1.47. The summed E-state index contributed by atoms with van der Waals surface area (Å²) in [5.41, 5.74) is 5.90. The topological polar surface area (TPSA) is 18.5 Å². The van der Waals surface area contributed by atoms with Crippen LogP contribution < -0.4 is 9.47 Å². The van der Waals surface area contributed by atoms with Gasteiger partial charge in [0.15, 0.2) is 0 Å². The first kappa shape index (κ1) is 19.4. The zero-order chi connectivity index (χ0) is 20.1. The largest absolute Gasteiger partial charge is 0.490 e. The van der Waals surface area contributed by atoms with Gasteiger partial charge in [0.05, 0.1) is 0 Å². The van der Waals surface area contributed by atoms with Gasteiger partial charge < -0.3 is 9.47 Å². The molecule has 2 aromatic rings. The summed E-state index contributed by atoms with van der Waals surface area (Å²) < 4.78 is 12.3. The van der Waals surface area contributed by atoms with Crippen LogP contribution in [0.3, 0.4) is 0 Å². The highest BCUT2D eigenvalue weighted by Gasteiger charge is 2.37. The Hall–Kier alpha value is -1.96. The minimum absolute atomic E-state index is 0.0719. The van der Waals surface area contributed by atoms with Gasteiger partial charge in [-0.25, -0.2) is 0 Å². The van der Waals surface area contributed by atoms with Crippen molar-refractivity contribution in [2.45, 2.75) is 79.4 Å². The van der Waals surface area contributed by atoms with E-state index >= 15 is 0 Å². The molecule has 0 saturated carbocycles. The lowest BCUT2D eigenvalue weighted by Gasteiger charge is -2.31. The fourth-order valence-corrected chi connectivity index (χ4v) is 4.69. The van der Waals surface area contributed by atoms with Crippen LogP contribution in [0.4, 0.5) is 0 Å². The van der Waals surface area contributed by atoms with Crippen LogP contribution in [0, 0.1) is 10.8 Å². The average Bonchev–Trinajstić information content (AvgIpc) is 3.15. The van der Waals surface area contributed by atoms with Crippen molar-refractivity contribution in [2.24, 2.45) is 10.8 Å². The van der Waals surface area contributed by atoms with Gasteiger partial charge in [0.1, 0.15) is 23.7 Å². The maximum absolute atomic E-state index is 6.41. The van der Waals surface area contributed by atoms with Gasteiger partial charge in [0, 0.05) is 18.3 Å². The Morgan fingerprint density at radius 1 is 0.786 bits per heavy atom. The number of rotatable bonds is 4. The molecule has 2 aliphatic rings. The van der Waals surface area contributed by atoms with E-state index in [1.165, 1.54) is 22.3 Å². The van der Waals surface area contributed by atoms with Gasteiger partial charge in [-0.15, -0.1) is 0 Å². The second kappa shape index (κ2) is 6.83. The molecule has 0 aliphatic carbocycles. The van der Waals surface area contributed by atoms with Gasteiger partial charge >= 0.3 is 0 Å². The van der Waals surface area contributed by atoms with Gasteiger partial charge in [-0.1, -0.05) is 58.9 Å². The van der Waals surface area contributed by atoms with Gasteiger partial charge in [0.25, 0.3) is 0 Å². The first-order chi connectivity index (χ1) is 13.1. The number of ether oxygens (including phenoxy) is 2. The van der Waals surface area contributed by atoms with Crippen LogP contribution >= 0.6 is 0 Å². The molecule has 0 saturated heterocycles. The molecule has 150 valence electrons. The van der Waals surface area contributed by atoms with Gasteiger partial charge in [-0.05, 0) is 59.6 Å². The van der Waals surface area contributed by atoms with E-state index in [1.54, 1.807) is 0 Å². The maximum Gasteiger partial charge on any atom is 0.123 e. The first-order valence-electron chi connectivity index (χ1n) is 10.7. The van der Waals surface area contributed by atoms with Crippen LogP contribution in [0.2, 0.25) is 0 Å². The van der Waals surface area contributed by atoms with Gasteiger partial charge in [-0.2, -0.15) is 0 Å². The fourth-order valence-electron chi connectivity index (χ4n) is 4.69. The lowest BCUT2D eigenvalue weighted by molar-refractivity contribution is 0.0935. The van der Waals surface area contributed by atoms with E-state index in [-0.39, 0.29) is 11.5 Å². The van der Waals surface area contributed by atoms with E-state index in [0.29, 0.717) is 11.5 Å². The Morgan fingerprint density at radius 3 is 2.00 bits per heavy atom. The quantitative estimate of drug-likeness (QED) is 0.633. The summed E-state index contributed by atoms with van der Waals surface area (Å²) >= 11 is 0. The predicted molar refractivity (Wildman–Crippen MR) is 115 cm³/mol. The van der Waals surface area contributed by atoms with Crippen molar-refractivity contribution < 1.29 is 9.47 Å². The van der Waals surface area contributed by atoms with Crippen molar-refractivity contribution in [1.82, 2.24) is 0 Å². The highest BCUT2D eigenvalue weighted by atomic mass is 16.5. The number of hydrogen-bond donors (Lipinski definition) is 0. The van der Waals surface area contributed by atoms with Crippen molar-refractivity contribution in [1.29, 1.82) is 0 Å². The Morgan fingerprint density at radius 2 is 1.36 bits per heavy atom. The Labute approximate surface area is 170 Å². The molecule has 0 amide bonds. The van der Waals surface area contributed by atoms with E-state index in [4.69, 9.17) is 9.47 Å². The molecular formula is C26H34O2. The van der Waals surface area contributed by atoms with Crippen LogP contribution in [-0.2, 0) is 25.7 Å². The van der Waals surface area contributed by atoms with Crippen LogP contribution in [0.5, 0.6) is 11.5 Å². The van der Waals surface area contributed by atoms with E-state index in [9.17, 15) is 0 Å². The number of hydrogen-bond acceptors (Lipinski definition) is 2. The smallest absolute Gasteiger partial charge is 0.123 e. The summed E-state index contributed by atoms with van der Waals surface area (Å²) in [5, 5.41) is 0. The fraction of sp³-hybridized carbons (Fsp3) is 0.538. The second-order valence-electron chi connectivity index (χ2n) is 10.7. The normalized spacial score (nSPS) is 21.1. The third kappa shape index (κ3) is 4.06. The Kier molecular flexibility index (Phi) is 4.72.